The normalized spacial score (nSPS) is 39.1. The first-order valence-electron chi connectivity index (χ1n) is 21.7. The number of amides is 2. The largest absolute Gasteiger partial charge is 0.456 e. The first-order chi connectivity index (χ1) is 27.9. The lowest BCUT2D eigenvalue weighted by Crippen LogP contribution is -2.64. The Morgan fingerprint density at radius 1 is 0.949 bits per heavy atom. The maximum absolute atomic E-state index is 16.2. The summed E-state index contributed by atoms with van der Waals surface area (Å²) in [5.41, 5.74) is 1.19. The van der Waals surface area contributed by atoms with E-state index in [0.29, 0.717) is 44.1 Å². The van der Waals surface area contributed by atoms with E-state index in [1.165, 1.54) is 26.0 Å². The number of hydrogen-bond donors (Lipinski definition) is 2. The lowest BCUT2D eigenvalue weighted by atomic mass is 9.81. The van der Waals surface area contributed by atoms with Crippen molar-refractivity contribution in [3.8, 4) is 0 Å². The van der Waals surface area contributed by atoms with Crippen LogP contribution in [0.3, 0.4) is 0 Å². The maximum Gasteiger partial charge on any atom is 0.329 e. The fourth-order valence-electron chi connectivity index (χ4n) is 9.75. The number of methoxy groups -OCH3 is 3. The van der Waals surface area contributed by atoms with E-state index in [2.05, 4.69) is 11.4 Å². The van der Waals surface area contributed by atoms with Crippen molar-refractivity contribution in [3.05, 3.63) is 23.3 Å². The first-order valence-corrected chi connectivity index (χ1v) is 21.7. The fraction of sp³-hybridized carbons (Fsp3) is 0.800. The Balaban J connectivity index is 1.74. The number of ether oxygens (including phenoxy) is 5. The monoisotopic (exact) mass is 835 g/mol. The molecular formula is C45H71FN2O11. The molecule has 3 aliphatic heterocycles. The molecule has 2 bridgehead atoms. The molecule has 2 saturated heterocycles. The van der Waals surface area contributed by atoms with Crippen LogP contribution in [0.15, 0.2) is 23.3 Å². The number of carbonyl (C=O) groups excluding carboxylic acids is 5. The number of hydrogen-bond acceptors (Lipinski definition) is 11. The second-order valence-electron chi connectivity index (χ2n) is 17.7. The van der Waals surface area contributed by atoms with E-state index in [4.69, 9.17) is 23.7 Å². The molecular weight excluding hydrogens is 763 g/mol. The van der Waals surface area contributed by atoms with Crippen molar-refractivity contribution in [2.75, 3.05) is 27.9 Å². The average Bonchev–Trinajstić information content (AvgIpc) is 3.22. The molecule has 13 nitrogen and oxygen atoms in total. The molecule has 2 N–H and O–H groups in total. The summed E-state index contributed by atoms with van der Waals surface area (Å²) in [5, 5.41) is 15.0. The summed E-state index contributed by atoms with van der Waals surface area (Å²) in [6, 6.07) is -1.22. The van der Waals surface area contributed by atoms with Crippen molar-refractivity contribution in [2.45, 2.75) is 174 Å². The summed E-state index contributed by atoms with van der Waals surface area (Å²) in [5.74, 6) is -7.96. The van der Waals surface area contributed by atoms with E-state index >= 15 is 4.39 Å². The van der Waals surface area contributed by atoms with Gasteiger partial charge in [-0.15, -0.1) is 0 Å². The fourth-order valence-corrected chi connectivity index (χ4v) is 9.75. The second kappa shape index (κ2) is 21.7. The van der Waals surface area contributed by atoms with E-state index in [0.717, 1.165) is 12.0 Å². The molecule has 0 spiro atoms. The number of ketones is 2. The van der Waals surface area contributed by atoms with Gasteiger partial charge in [-0.1, -0.05) is 39.8 Å². The van der Waals surface area contributed by atoms with Crippen LogP contribution in [0.2, 0.25) is 0 Å². The van der Waals surface area contributed by atoms with Crippen molar-refractivity contribution in [3.63, 3.8) is 0 Å². The molecule has 1 saturated carbocycles. The van der Waals surface area contributed by atoms with E-state index in [9.17, 15) is 29.1 Å². The molecule has 2 amide bonds. The number of nitrogens with zero attached hydrogens (tertiary/aromatic N) is 1. The smallest absolute Gasteiger partial charge is 0.329 e. The van der Waals surface area contributed by atoms with Gasteiger partial charge in [-0.05, 0) is 107 Å². The Morgan fingerprint density at radius 2 is 1.61 bits per heavy atom. The molecule has 3 heterocycles. The zero-order chi connectivity index (χ0) is 43.8. The van der Waals surface area contributed by atoms with Crippen molar-refractivity contribution in [1.29, 1.82) is 0 Å². The van der Waals surface area contributed by atoms with Crippen LogP contribution in [0.4, 0.5) is 4.39 Å². The molecule has 59 heavy (non-hydrogen) atoms. The molecule has 14 unspecified atom stereocenters. The SMILES string of the molecule is CCC1C=C(C)C(F)C(C)CC(OC)C2OC(O)(C(=O)C(=O)N3CCCCC3C(=O)OC(C(C)=CC3CCC(NC(C)=O)C(OC)C3)C(C)CCC1=O)C(C)CC2OC. The number of piperidine rings is 1. The van der Waals surface area contributed by atoms with Gasteiger partial charge in [0.1, 0.15) is 30.2 Å². The van der Waals surface area contributed by atoms with Crippen LogP contribution in [0.5, 0.6) is 0 Å². The van der Waals surface area contributed by atoms with Gasteiger partial charge in [0.25, 0.3) is 11.7 Å². The number of halogens is 1. The average molecular weight is 835 g/mol. The minimum absolute atomic E-state index is 0.0420. The van der Waals surface area contributed by atoms with Crippen LogP contribution >= 0.6 is 0 Å². The van der Waals surface area contributed by atoms with E-state index in [1.807, 2.05) is 20.8 Å². The van der Waals surface area contributed by atoms with E-state index in [1.54, 1.807) is 34.0 Å². The number of Topliss-reactive ketones (excluding diaryl/α,β-unsaturated/α-hetero) is 2. The zero-order valence-corrected chi connectivity index (χ0v) is 37.0. The van der Waals surface area contributed by atoms with Crippen molar-refractivity contribution >= 4 is 29.4 Å². The number of allylic oxidation sites excluding steroid dienone is 3. The lowest BCUT2D eigenvalue weighted by molar-refractivity contribution is -0.302. The van der Waals surface area contributed by atoms with Crippen LogP contribution in [0.25, 0.3) is 0 Å². The number of carbonyl (C=O) groups is 5. The molecule has 4 aliphatic rings. The summed E-state index contributed by atoms with van der Waals surface area (Å²) >= 11 is 0. The van der Waals surface area contributed by atoms with Crippen LogP contribution in [0, 0.1) is 29.6 Å². The Morgan fingerprint density at radius 3 is 2.24 bits per heavy atom. The molecule has 0 radical (unpaired) electrons. The Kier molecular flexibility index (Phi) is 17.8. The third-order valence-corrected chi connectivity index (χ3v) is 13.4. The van der Waals surface area contributed by atoms with Crippen LogP contribution in [-0.4, -0.2) is 122 Å². The summed E-state index contributed by atoms with van der Waals surface area (Å²) < 4.78 is 46.1. The highest BCUT2D eigenvalue weighted by molar-refractivity contribution is 6.39. The molecule has 0 aromatic heterocycles. The Labute approximate surface area is 350 Å². The maximum atomic E-state index is 16.2. The number of cyclic esters (lactones) is 1. The minimum Gasteiger partial charge on any atom is -0.456 e. The number of nitrogens with one attached hydrogen (secondary N) is 1. The predicted molar refractivity (Wildman–Crippen MR) is 219 cm³/mol. The summed E-state index contributed by atoms with van der Waals surface area (Å²) in [6.07, 6.45) is 3.65. The third kappa shape index (κ3) is 11.7. The van der Waals surface area contributed by atoms with Gasteiger partial charge in [-0.25, -0.2) is 9.18 Å². The van der Waals surface area contributed by atoms with Gasteiger partial charge < -0.3 is 39.0 Å². The molecule has 14 atom stereocenters. The summed E-state index contributed by atoms with van der Waals surface area (Å²) in [6.45, 7) is 12.3. The topological polar surface area (TPSA) is 167 Å². The van der Waals surface area contributed by atoms with Gasteiger partial charge in [0.05, 0.1) is 24.4 Å². The molecule has 334 valence electrons. The van der Waals surface area contributed by atoms with Gasteiger partial charge in [0.2, 0.25) is 11.7 Å². The lowest BCUT2D eigenvalue weighted by Gasteiger charge is -2.47. The molecule has 0 aromatic rings. The summed E-state index contributed by atoms with van der Waals surface area (Å²) in [7, 11) is 4.53. The van der Waals surface area contributed by atoms with Crippen molar-refractivity contribution in [2.24, 2.45) is 29.6 Å². The zero-order valence-electron chi connectivity index (χ0n) is 37.0. The number of rotatable bonds is 7. The third-order valence-electron chi connectivity index (χ3n) is 13.4. The second-order valence-corrected chi connectivity index (χ2v) is 17.7. The van der Waals surface area contributed by atoms with Gasteiger partial charge >= 0.3 is 5.97 Å². The molecule has 4 rings (SSSR count). The number of esters is 1. The van der Waals surface area contributed by atoms with Crippen molar-refractivity contribution in [1.82, 2.24) is 10.2 Å². The van der Waals surface area contributed by atoms with Gasteiger partial charge in [-0.2, -0.15) is 0 Å². The number of alkyl halides is 1. The van der Waals surface area contributed by atoms with Crippen LogP contribution in [-0.2, 0) is 47.7 Å². The summed E-state index contributed by atoms with van der Waals surface area (Å²) in [4.78, 5) is 69.7. The Hall–Kier alpha value is -3.04. The molecule has 0 aromatic carbocycles. The highest BCUT2D eigenvalue weighted by Crippen LogP contribution is 2.39. The Bertz CT molecular complexity index is 1550. The molecule has 14 heteroatoms. The van der Waals surface area contributed by atoms with Gasteiger partial charge in [-0.3, -0.25) is 19.2 Å². The molecule has 1 aliphatic carbocycles. The van der Waals surface area contributed by atoms with Crippen molar-refractivity contribution < 1.29 is 57.2 Å². The van der Waals surface area contributed by atoms with Crippen LogP contribution < -0.4 is 5.32 Å². The van der Waals surface area contributed by atoms with Crippen LogP contribution in [0.1, 0.15) is 119 Å². The van der Waals surface area contributed by atoms with Gasteiger partial charge in [0, 0.05) is 53.1 Å². The highest BCUT2D eigenvalue weighted by atomic mass is 19.1. The quantitative estimate of drug-likeness (QED) is 0.186. The number of fused-ring (bicyclic) bond motifs is 3. The first kappa shape index (κ1) is 48.6. The number of aliphatic hydroxyl groups is 1. The van der Waals surface area contributed by atoms with Gasteiger partial charge in [0.15, 0.2) is 0 Å². The van der Waals surface area contributed by atoms with E-state index in [-0.39, 0.29) is 67.9 Å². The standard InChI is InChI=1S/C45H71FN2O11/c1-11-32-21-26(3)39(46)27(4)22-37(56-9)41-38(57-10)23-29(6)45(54,59-41)42(51)43(52)48-19-13-12-14-34(48)44(53)58-40(25(2)15-18-35(32)50)28(5)20-31-16-17-33(47-30(7)49)36(24-31)55-8/h20-21,25,27,29,31-34,36-41,54H,11-19,22-24H2,1-10H3,(H,47,49). The molecule has 3 fully saturated rings. The predicted octanol–water partition coefficient (Wildman–Crippen LogP) is 5.59. The minimum atomic E-state index is -2.57. The highest BCUT2D eigenvalue weighted by Gasteiger charge is 2.56. The van der Waals surface area contributed by atoms with E-state index < -0.39 is 77.8 Å².